The molecule has 0 amide bonds. The van der Waals surface area contributed by atoms with Crippen LogP contribution in [-0.4, -0.2) is 0 Å². The molecule has 0 bridgehead atoms. The maximum Gasteiger partial charge on any atom is 0.171 e. The maximum atomic E-state index is 13.4. The molecule has 0 saturated carbocycles. The smallest absolute Gasteiger partial charge is 0.171 e. The van der Waals surface area contributed by atoms with Gasteiger partial charge >= 0.3 is 0 Å². The predicted molar refractivity (Wildman–Crippen MR) is 53.6 cm³/mol. The van der Waals surface area contributed by atoms with Crippen molar-refractivity contribution in [3.05, 3.63) is 48.0 Å². The van der Waals surface area contributed by atoms with Crippen LogP contribution >= 0.6 is 0 Å². The van der Waals surface area contributed by atoms with Gasteiger partial charge in [0.1, 0.15) is 11.4 Å². The molecule has 0 aliphatic heterocycles. The van der Waals surface area contributed by atoms with Crippen LogP contribution in [0.5, 0.6) is 0 Å². The highest BCUT2D eigenvalue weighted by Gasteiger charge is 2.11. The van der Waals surface area contributed by atoms with E-state index in [1.54, 1.807) is 24.3 Å². The number of fused-ring (bicyclic) bond motifs is 3. The average molecular weight is 204 g/mol. The molecule has 3 heteroatoms. The summed E-state index contributed by atoms with van der Waals surface area (Å²) in [7, 11) is 0. The van der Waals surface area contributed by atoms with Gasteiger partial charge in [0, 0.05) is 16.8 Å². The lowest BCUT2D eigenvalue weighted by molar-refractivity contribution is 0.562. The normalized spacial score (nSPS) is 11.3. The van der Waals surface area contributed by atoms with Gasteiger partial charge in [0.2, 0.25) is 0 Å². The molecule has 2 aromatic carbocycles. The number of hydrogen-bond acceptors (Lipinski definition) is 1. The number of hydrogen-bond donors (Lipinski definition) is 0. The third-order valence-electron chi connectivity index (χ3n) is 2.40. The lowest BCUT2D eigenvalue weighted by atomic mass is 10.1. The summed E-state index contributed by atoms with van der Waals surface area (Å²) < 4.78 is 31.7. The van der Waals surface area contributed by atoms with E-state index in [1.807, 2.05) is 0 Å². The largest absolute Gasteiger partial charge is 0.453 e. The molecule has 15 heavy (non-hydrogen) atoms. The standard InChI is InChI=1S/C12H6F2O/c13-7-5-9-8-3-1-2-4-11(8)15-12(9)10(14)6-7/h1-6H. The topological polar surface area (TPSA) is 13.1 Å². The SMILES string of the molecule is Fc1cc(F)c2oc3ccccc3c2c1. The van der Waals surface area contributed by atoms with Crippen molar-refractivity contribution in [1.82, 2.24) is 0 Å². The number of furan rings is 1. The molecule has 3 aromatic rings. The molecule has 0 fully saturated rings. The van der Waals surface area contributed by atoms with Crippen molar-refractivity contribution >= 4 is 21.9 Å². The summed E-state index contributed by atoms with van der Waals surface area (Å²) in [4.78, 5) is 0. The second-order valence-electron chi connectivity index (χ2n) is 3.36. The van der Waals surface area contributed by atoms with E-state index >= 15 is 0 Å². The summed E-state index contributed by atoms with van der Waals surface area (Å²) >= 11 is 0. The Morgan fingerprint density at radius 1 is 0.933 bits per heavy atom. The lowest BCUT2D eigenvalue weighted by Gasteiger charge is -1.91. The van der Waals surface area contributed by atoms with E-state index in [2.05, 4.69) is 0 Å². The van der Waals surface area contributed by atoms with Crippen molar-refractivity contribution in [1.29, 1.82) is 0 Å². The van der Waals surface area contributed by atoms with Gasteiger partial charge in [-0.3, -0.25) is 0 Å². The molecule has 1 heterocycles. The van der Waals surface area contributed by atoms with Crippen molar-refractivity contribution in [3.63, 3.8) is 0 Å². The third kappa shape index (κ3) is 1.13. The van der Waals surface area contributed by atoms with E-state index in [0.29, 0.717) is 11.0 Å². The Morgan fingerprint density at radius 2 is 1.73 bits per heavy atom. The van der Waals surface area contributed by atoms with E-state index in [9.17, 15) is 8.78 Å². The number of benzene rings is 2. The van der Waals surface area contributed by atoms with Crippen LogP contribution in [0.25, 0.3) is 21.9 Å². The molecular formula is C12H6F2O. The van der Waals surface area contributed by atoms with Gasteiger partial charge in [0.25, 0.3) is 0 Å². The van der Waals surface area contributed by atoms with E-state index in [0.717, 1.165) is 11.5 Å². The first-order valence-corrected chi connectivity index (χ1v) is 4.52. The van der Waals surface area contributed by atoms with Gasteiger partial charge in [-0.1, -0.05) is 18.2 Å². The third-order valence-corrected chi connectivity index (χ3v) is 2.40. The fraction of sp³-hybridized carbons (Fsp3) is 0. The Hall–Kier alpha value is -1.90. The van der Waals surface area contributed by atoms with Crippen LogP contribution in [-0.2, 0) is 0 Å². The molecule has 0 N–H and O–H groups in total. The zero-order valence-corrected chi connectivity index (χ0v) is 7.63. The Kier molecular flexibility index (Phi) is 1.57. The zero-order valence-electron chi connectivity index (χ0n) is 7.63. The lowest BCUT2D eigenvalue weighted by Crippen LogP contribution is -1.78. The molecular weight excluding hydrogens is 198 g/mol. The Bertz CT molecular complexity index is 655. The fourth-order valence-electron chi connectivity index (χ4n) is 1.75. The molecule has 0 aliphatic rings. The van der Waals surface area contributed by atoms with E-state index in [1.165, 1.54) is 6.07 Å². The molecule has 3 rings (SSSR count). The van der Waals surface area contributed by atoms with Gasteiger partial charge in [0.05, 0.1) is 0 Å². The van der Waals surface area contributed by atoms with Crippen LogP contribution in [0.1, 0.15) is 0 Å². The predicted octanol–water partition coefficient (Wildman–Crippen LogP) is 3.86. The van der Waals surface area contributed by atoms with E-state index < -0.39 is 11.6 Å². The quantitative estimate of drug-likeness (QED) is 0.541. The molecule has 0 spiro atoms. The fourth-order valence-corrected chi connectivity index (χ4v) is 1.75. The van der Waals surface area contributed by atoms with Crippen molar-refractivity contribution in [2.45, 2.75) is 0 Å². The molecule has 0 aliphatic carbocycles. The van der Waals surface area contributed by atoms with Crippen LogP contribution in [0.15, 0.2) is 40.8 Å². The second kappa shape index (κ2) is 2.79. The summed E-state index contributed by atoms with van der Waals surface area (Å²) in [5.41, 5.74) is 0.676. The molecule has 0 atom stereocenters. The van der Waals surface area contributed by atoms with E-state index in [4.69, 9.17) is 4.42 Å². The van der Waals surface area contributed by atoms with E-state index in [-0.39, 0.29) is 5.58 Å². The summed E-state index contributed by atoms with van der Waals surface area (Å²) in [6.45, 7) is 0. The highest BCUT2D eigenvalue weighted by atomic mass is 19.1. The molecule has 74 valence electrons. The number of halogens is 2. The van der Waals surface area contributed by atoms with Gasteiger partial charge in [-0.05, 0) is 12.1 Å². The van der Waals surface area contributed by atoms with Crippen molar-refractivity contribution in [2.75, 3.05) is 0 Å². The van der Waals surface area contributed by atoms with Crippen LogP contribution in [0, 0.1) is 11.6 Å². The average Bonchev–Trinajstić information content (AvgIpc) is 2.57. The summed E-state index contributed by atoms with van der Waals surface area (Å²) in [5.74, 6) is -1.26. The van der Waals surface area contributed by atoms with Crippen LogP contribution in [0.4, 0.5) is 8.78 Å². The summed E-state index contributed by atoms with van der Waals surface area (Å²) in [5, 5.41) is 1.20. The van der Waals surface area contributed by atoms with Crippen LogP contribution in [0.2, 0.25) is 0 Å². The summed E-state index contributed by atoms with van der Waals surface area (Å²) in [6, 6.07) is 9.21. The monoisotopic (exact) mass is 204 g/mol. The molecule has 0 unspecified atom stereocenters. The number of para-hydroxylation sites is 1. The van der Waals surface area contributed by atoms with Gasteiger partial charge in [-0.15, -0.1) is 0 Å². The molecule has 0 radical (unpaired) electrons. The second-order valence-corrected chi connectivity index (χ2v) is 3.36. The van der Waals surface area contributed by atoms with Crippen molar-refractivity contribution in [3.8, 4) is 0 Å². The van der Waals surface area contributed by atoms with Crippen molar-refractivity contribution < 1.29 is 13.2 Å². The van der Waals surface area contributed by atoms with Crippen LogP contribution < -0.4 is 0 Å². The number of rotatable bonds is 0. The minimum Gasteiger partial charge on any atom is -0.453 e. The Balaban J connectivity index is 2.61. The first kappa shape index (κ1) is 8.41. The molecule has 0 saturated heterocycles. The van der Waals surface area contributed by atoms with Crippen LogP contribution in [0.3, 0.4) is 0 Å². The highest BCUT2D eigenvalue weighted by molar-refractivity contribution is 6.04. The minimum absolute atomic E-state index is 0.109. The van der Waals surface area contributed by atoms with Gasteiger partial charge < -0.3 is 4.42 Å². The maximum absolute atomic E-state index is 13.4. The molecule has 1 aromatic heterocycles. The first-order valence-electron chi connectivity index (χ1n) is 4.52. The highest BCUT2D eigenvalue weighted by Crippen LogP contribution is 2.30. The first-order chi connectivity index (χ1) is 7.25. The van der Waals surface area contributed by atoms with Gasteiger partial charge in [0.15, 0.2) is 11.4 Å². The van der Waals surface area contributed by atoms with Crippen molar-refractivity contribution in [2.24, 2.45) is 0 Å². The van der Waals surface area contributed by atoms with Gasteiger partial charge in [-0.25, -0.2) is 8.78 Å². The summed E-state index contributed by atoms with van der Waals surface area (Å²) in [6.07, 6.45) is 0. The minimum atomic E-state index is -0.666. The zero-order chi connectivity index (χ0) is 10.4. The Morgan fingerprint density at radius 3 is 2.60 bits per heavy atom. The van der Waals surface area contributed by atoms with Gasteiger partial charge in [-0.2, -0.15) is 0 Å². The molecule has 1 nitrogen and oxygen atoms in total. The Labute approximate surface area is 83.9 Å².